The molecular formula is C15H15N3O2. The van der Waals surface area contributed by atoms with Gasteiger partial charge in [-0.15, -0.1) is 0 Å². The van der Waals surface area contributed by atoms with Crippen molar-refractivity contribution in [1.29, 1.82) is 0 Å². The van der Waals surface area contributed by atoms with E-state index in [1.165, 1.54) is 12.4 Å². The Labute approximate surface area is 117 Å². The van der Waals surface area contributed by atoms with Crippen LogP contribution in [-0.4, -0.2) is 44.3 Å². The van der Waals surface area contributed by atoms with Gasteiger partial charge in [0.05, 0.1) is 31.7 Å². The van der Waals surface area contributed by atoms with E-state index in [9.17, 15) is 4.79 Å². The highest BCUT2D eigenvalue weighted by molar-refractivity contribution is 6.28. The summed E-state index contributed by atoms with van der Waals surface area (Å²) in [7, 11) is 0. The van der Waals surface area contributed by atoms with E-state index < -0.39 is 5.91 Å². The Morgan fingerprint density at radius 2 is 2.00 bits per heavy atom. The number of aliphatic imine (C=N–C) groups is 3. The summed E-state index contributed by atoms with van der Waals surface area (Å²) in [4.78, 5) is 23.6. The molecular weight excluding hydrogens is 254 g/mol. The lowest BCUT2D eigenvalue weighted by atomic mass is 10.2. The molecule has 0 aromatic heterocycles. The van der Waals surface area contributed by atoms with Crippen LogP contribution in [0.15, 0.2) is 51.4 Å². The summed E-state index contributed by atoms with van der Waals surface area (Å²) in [5.41, 5.74) is 1.53. The van der Waals surface area contributed by atoms with Crippen LogP contribution in [0.25, 0.3) is 0 Å². The number of ether oxygens (including phenoxy) is 1. The fraction of sp³-hybridized carbons (Fsp3) is 0.200. The van der Waals surface area contributed by atoms with Crippen molar-refractivity contribution in [3.05, 3.63) is 42.0 Å². The highest BCUT2D eigenvalue weighted by Crippen LogP contribution is 2.16. The molecule has 0 N–H and O–H groups in total. The summed E-state index contributed by atoms with van der Waals surface area (Å²) < 4.78 is 5.30. The van der Waals surface area contributed by atoms with Crippen LogP contribution in [0.3, 0.4) is 0 Å². The maximum absolute atomic E-state index is 11.5. The molecule has 102 valence electrons. The largest absolute Gasteiger partial charge is 0.375 e. The fourth-order valence-corrected chi connectivity index (χ4v) is 1.53. The number of para-hydroxylation sites is 1. The van der Waals surface area contributed by atoms with Gasteiger partial charge in [0.1, 0.15) is 0 Å². The summed E-state index contributed by atoms with van der Waals surface area (Å²) in [6.45, 7) is 1.41. The molecule has 0 aliphatic carbocycles. The van der Waals surface area contributed by atoms with E-state index in [4.69, 9.17) is 4.74 Å². The van der Waals surface area contributed by atoms with E-state index >= 15 is 0 Å². The third-order valence-corrected chi connectivity index (χ3v) is 2.48. The second-order valence-corrected chi connectivity index (χ2v) is 3.97. The molecule has 0 atom stereocenters. The maximum atomic E-state index is 11.5. The van der Waals surface area contributed by atoms with Gasteiger partial charge >= 0.3 is 0 Å². The topological polar surface area (TPSA) is 63.4 Å². The maximum Gasteiger partial charge on any atom is 0.287 e. The molecule has 20 heavy (non-hydrogen) atoms. The highest BCUT2D eigenvalue weighted by Gasteiger charge is 1.98. The number of nitrogens with zero attached hydrogens (tertiary/aromatic N) is 3. The molecule has 0 fully saturated rings. The minimum Gasteiger partial charge on any atom is -0.375 e. The predicted octanol–water partition coefficient (Wildman–Crippen LogP) is 1.99. The van der Waals surface area contributed by atoms with Crippen molar-refractivity contribution >= 4 is 30.2 Å². The Morgan fingerprint density at radius 3 is 2.95 bits per heavy atom. The van der Waals surface area contributed by atoms with Crippen molar-refractivity contribution in [2.45, 2.75) is 0 Å². The number of fused-ring (bicyclic) bond motifs is 1. The third kappa shape index (κ3) is 4.70. The van der Waals surface area contributed by atoms with Gasteiger partial charge < -0.3 is 4.74 Å². The Balaban J connectivity index is 2.25. The lowest BCUT2D eigenvalue weighted by Gasteiger charge is -1.97. The first-order valence-electron chi connectivity index (χ1n) is 6.30. The molecule has 5 nitrogen and oxygen atoms in total. The predicted molar refractivity (Wildman–Crippen MR) is 80.5 cm³/mol. The monoisotopic (exact) mass is 269 g/mol. The van der Waals surface area contributed by atoms with Crippen LogP contribution < -0.4 is 0 Å². The van der Waals surface area contributed by atoms with Gasteiger partial charge in [-0.25, -0.2) is 4.99 Å². The van der Waals surface area contributed by atoms with Gasteiger partial charge in [-0.1, -0.05) is 24.3 Å². The highest BCUT2D eigenvalue weighted by atomic mass is 16.5. The lowest BCUT2D eigenvalue weighted by molar-refractivity contribution is -0.111. The molecule has 0 bridgehead atoms. The van der Waals surface area contributed by atoms with Gasteiger partial charge in [-0.3, -0.25) is 14.8 Å². The molecule has 0 saturated carbocycles. The molecule has 0 unspecified atom stereocenters. The number of amides is 1. The molecule has 1 aliphatic rings. The summed E-state index contributed by atoms with van der Waals surface area (Å²) >= 11 is 0. The minimum atomic E-state index is -0.392. The van der Waals surface area contributed by atoms with E-state index in [2.05, 4.69) is 15.0 Å². The average molecular weight is 269 g/mol. The number of carbonyl (C=O) groups is 1. The Bertz CT molecular complexity index is 574. The van der Waals surface area contributed by atoms with Crippen LogP contribution in [-0.2, 0) is 9.53 Å². The molecule has 0 saturated heterocycles. The van der Waals surface area contributed by atoms with E-state index in [0.29, 0.717) is 19.8 Å². The van der Waals surface area contributed by atoms with Crippen LogP contribution in [0, 0.1) is 0 Å². The van der Waals surface area contributed by atoms with Gasteiger partial charge in [0.15, 0.2) is 0 Å². The van der Waals surface area contributed by atoms with Crippen molar-refractivity contribution in [2.24, 2.45) is 15.0 Å². The van der Waals surface area contributed by atoms with Crippen molar-refractivity contribution in [3.8, 4) is 0 Å². The standard InChI is InChI=1S/C15H15N3O2/c19-15-12-16-8-10-20-9-4-3-7-17-14-6-2-1-5-13(14)11-18-15/h1-7,11-12H,8-10H2. The molecule has 0 radical (unpaired) electrons. The van der Waals surface area contributed by atoms with Gasteiger partial charge in [0.2, 0.25) is 0 Å². The average Bonchev–Trinajstić information content (AvgIpc) is 2.48. The first-order chi connectivity index (χ1) is 9.86. The molecule has 1 aromatic rings. The quantitative estimate of drug-likeness (QED) is 0.723. The second-order valence-electron chi connectivity index (χ2n) is 3.97. The lowest BCUT2D eigenvalue weighted by Crippen LogP contribution is -2.01. The summed E-state index contributed by atoms with van der Waals surface area (Å²) in [6, 6.07) is 7.47. The molecule has 1 heterocycles. The number of hydrogen-bond donors (Lipinski definition) is 0. The van der Waals surface area contributed by atoms with Crippen LogP contribution in [0.5, 0.6) is 0 Å². The van der Waals surface area contributed by atoms with Crippen molar-refractivity contribution in [2.75, 3.05) is 19.8 Å². The van der Waals surface area contributed by atoms with Crippen LogP contribution in [0.4, 0.5) is 5.69 Å². The molecule has 1 aliphatic heterocycles. The van der Waals surface area contributed by atoms with E-state index in [1.807, 2.05) is 36.4 Å². The Kier molecular flexibility index (Phi) is 5.54. The smallest absolute Gasteiger partial charge is 0.287 e. The normalized spacial score (nSPS) is 16.5. The zero-order valence-electron chi connectivity index (χ0n) is 11.0. The van der Waals surface area contributed by atoms with Gasteiger partial charge in [0.25, 0.3) is 5.91 Å². The molecule has 5 heteroatoms. The molecule has 2 rings (SSSR count). The first kappa shape index (κ1) is 14.0. The van der Waals surface area contributed by atoms with Gasteiger partial charge in [-0.2, -0.15) is 0 Å². The zero-order chi connectivity index (χ0) is 14.0. The van der Waals surface area contributed by atoms with E-state index in [0.717, 1.165) is 11.3 Å². The van der Waals surface area contributed by atoms with Crippen LogP contribution >= 0.6 is 0 Å². The Morgan fingerprint density at radius 1 is 1.10 bits per heavy atom. The summed E-state index contributed by atoms with van der Waals surface area (Å²) in [5.74, 6) is -0.392. The summed E-state index contributed by atoms with van der Waals surface area (Å²) in [5, 5.41) is 0. The molecule has 1 amide bonds. The van der Waals surface area contributed by atoms with Crippen LogP contribution in [0.2, 0.25) is 0 Å². The first-order valence-corrected chi connectivity index (χ1v) is 6.30. The van der Waals surface area contributed by atoms with Crippen molar-refractivity contribution in [1.82, 2.24) is 0 Å². The molecule has 1 aromatic carbocycles. The molecule has 0 spiro atoms. The second kappa shape index (κ2) is 7.91. The van der Waals surface area contributed by atoms with Gasteiger partial charge in [0, 0.05) is 18.0 Å². The van der Waals surface area contributed by atoms with E-state index in [-0.39, 0.29) is 0 Å². The van der Waals surface area contributed by atoms with Crippen LogP contribution in [0.1, 0.15) is 5.56 Å². The zero-order valence-corrected chi connectivity index (χ0v) is 11.0. The third-order valence-electron chi connectivity index (χ3n) is 2.48. The number of hydrogen-bond acceptors (Lipinski definition) is 4. The minimum absolute atomic E-state index is 0.392. The number of carbonyl (C=O) groups excluding carboxylic acids is 1. The summed E-state index contributed by atoms with van der Waals surface area (Å²) in [6.07, 6.45) is 8.09. The van der Waals surface area contributed by atoms with Crippen molar-refractivity contribution in [3.63, 3.8) is 0 Å². The number of rotatable bonds is 0. The van der Waals surface area contributed by atoms with Crippen molar-refractivity contribution < 1.29 is 9.53 Å². The number of benzene rings is 1. The Hall–Kier alpha value is -2.40. The fourth-order valence-electron chi connectivity index (χ4n) is 1.53. The van der Waals surface area contributed by atoms with E-state index in [1.54, 1.807) is 6.21 Å². The SMILES string of the molecule is O=C1C=NCCOCC=CC=Nc2ccccc2C=N1. The van der Waals surface area contributed by atoms with Gasteiger partial charge in [-0.05, 0) is 12.1 Å². The number of allylic oxidation sites excluding steroid dienone is 1.